The summed E-state index contributed by atoms with van der Waals surface area (Å²) in [6.45, 7) is 6.87. The van der Waals surface area contributed by atoms with E-state index in [1.54, 1.807) is 0 Å². The summed E-state index contributed by atoms with van der Waals surface area (Å²) in [4.78, 5) is 11.1. The van der Waals surface area contributed by atoms with Gasteiger partial charge in [0.25, 0.3) is 0 Å². The third kappa shape index (κ3) is 11.9. The highest BCUT2D eigenvalue weighted by atomic mass is 79.9. The van der Waals surface area contributed by atoms with E-state index in [2.05, 4.69) is 21.2 Å². The minimum Gasteiger partial charge on any atom is -0.395 e. The van der Waals surface area contributed by atoms with Crippen LogP contribution < -0.4 is 11.1 Å². The number of amides is 1. The number of halogens is 1. The zero-order valence-electron chi connectivity index (χ0n) is 9.14. The number of alkyl halides is 1. The van der Waals surface area contributed by atoms with Crippen LogP contribution in [0.1, 0.15) is 20.8 Å². The number of hydrogen-bond acceptors (Lipinski definition) is 3. The molecule has 0 aliphatic carbocycles. The van der Waals surface area contributed by atoms with Gasteiger partial charge in [-0.2, -0.15) is 0 Å². The minimum absolute atomic E-state index is 0.0972. The fraction of sp³-hybridized carbons (Fsp3) is 0.889. The Morgan fingerprint density at radius 1 is 1.50 bits per heavy atom. The van der Waals surface area contributed by atoms with E-state index in [-0.39, 0.29) is 17.9 Å². The average molecular weight is 269 g/mol. The summed E-state index contributed by atoms with van der Waals surface area (Å²) in [5, 5.41) is 11.4. The molecule has 1 amide bonds. The molecular weight excluding hydrogens is 248 g/mol. The summed E-state index contributed by atoms with van der Waals surface area (Å²) < 4.78 is 0. The van der Waals surface area contributed by atoms with Crippen LogP contribution in [0.5, 0.6) is 0 Å². The number of carbonyl (C=O) groups is 1. The van der Waals surface area contributed by atoms with Gasteiger partial charge in [-0.15, -0.1) is 0 Å². The van der Waals surface area contributed by atoms with E-state index < -0.39 is 0 Å². The van der Waals surface area contributed by atoms with Crippen molar-refractivity contribution >= 4 is 21.8 Å². The van der Waals surface area contributed by atoms with E-state index in [1.807, 2.05) is 20.8 Å². The largest absolute Gasteiger partial charge is 0.395 e. The lowest BCUT2D eigenvalue weighted by Crippen LogP contribution is -2.35. The fourth-order valence-electron chi connectivity index (χ4n) is 0.426. The second-order valence-electron chi connectivity index (χ2n) is 3.71. The van der Waals surface area contributed by atoms with Crippen molar-refractivity contribution in [1.29, 1.82) is 0 Å². The lowest BCUT2D eigenvalue weighted by molar-refractivity contribution is -0.128. The van der Waals surface area contributed by atoms with Crippen LogP contribution in [0.15, 0.2) is 0 Å². The maximum atomic E-state index is 11.1. The third-order valence-corrected chi connectivity index (χ3v) is 1.59. The Morgan fingerprint density at radius 3 is 2.14 bits per heavy atom. The molecule has 0 saturated heterocycles. The quantitative estimate of drug-likeness (QED) is 0.652. The van der Waals surface area contributed by atoms with Crippen LogP contribution in [0.3, 0.4) is 0 Å². The standard InChI is InChI=1S/C7H14BrNO.C2H7NO/c1-7(2,3)6(10)9-5-4-8;3-1-2-4/h4-5H2,1-3H3,(H,9,10);4H,1-3H2. The van der Waals surface area contributed by atoms with Crippen LogP contribution in [0.4, 0.5) is 0 Å². The smallest absolute Gasteiger partial charge is 0.225 e. The highest BCUT2D eigenvalue weighted by molar-refractivity contribution is 9.09. The van der Waals surface area contributed by atoms with Gasteiger partial charge in [-0.1, -0.05) is 36.7 Å². The molecule has 0 heterocycles. The highest BCUT2D eigenvalue weighted by Crippen LogP contribution is 2.11. The van der Waals surface area contributed by atoms with Crippen molar-refractivity contribution in [2.45, 2.75) is 20.8 Å². The van der Waals surface area contributed by atoms with Gasteiger partial charge in [0, 0.05) is 23.8 Å². The Hall–Kier alpha value is -0.130. The van der Waals surface area contributed by atoms with Crippen LogP contribution in [0.2, 0.25) is 0 Å². The van der Waals surface area contributed by atoms with Crippen molar-refractivity contribution in [2.24, 2.45) is 11.1 Å². The van der Waals surface area contributed by atoms with Crippen molar-refractivity contribution in [3.05, 3.63) is 0 Å². The number of nitrogens with one attached hydrogen (secondary N) is 1. The summed E-state index contributed by atoms with van der Waals surface area (Å²) >= 11 is 3.23. The highest BCUT2D eigenvalue weighted by Gasteiger charge is 2.19. The van der Waals surface area contributed by atoms with E-state index in [9.17, 15) is 4.79 Å². The molecule has 0 unspecified atom stereocenters. The molecule has 0 aliphatic rings. The predicted octanol–water partition coefficient (Wildman–Crippen LogP) is 0.481. The average Bonchev–Trinajstić information content (AvgIpc) is 2.13. The summed E-state index contributed by atoms with van der Waals surface area (Å²) in [6, 6.07) is 0. The van der Waals surface area contributed by atoms with Gasteiger partial charge in [0.05, 0.1) is 6.61 Å². The second kappa shape index (κ2) is 9.43. The third-order valence-electron chi connectivity index (χ3n) is 1.19. The fourth-order valence-corrected chi connectivity index (χ4v) is 0.624. The number of rotatable bonds is 3. The molecule has 0 radical (unpaired) electrons. The van der Waals surface area contributed by atoms with Crippen molar-refractivity contribution in [1.82, 2.24) is 5.32 Å². The Bertz CT molecular complexity index is 144. The van der Waals surface area contributed by atoms with Gasteiger partial charge in [-0.05, 0) is 0 Å². The van der Waals surface area contributed by atoms with Gasteiger partial charge in [0.15, 0.2) is 0 Å². The molecule has 86 valence electrons. The Labute approximate surface area is 94.4 Å². The zero-order valence-corrected chi connectivity index (χ0v) is 10.7. The number of aliphatic hydroxyl groups excluding tert-OH is 1. The summed E-state index contributed by atoms with van der Waals surface area (Å²) in [6.07, 6.45) is 0. The Morgan fingerprint density at radius 2 is 1.93 bits per heavy atom. The zero-order chi connectivity index (χ0) is 11.6. The van der Waals surface area contributed by atoms with Crippen LogP contribution >= 0.6 is 15.9 Å². The van der Waals surface area contributed by atoms with E-state index >= 15 is 0 Å². The number of nitrogens with two attached hydrogens (primary N) is 1. The number of aliphatic hydroxyl groups is 1. The molecule has 14 heavy (non-hydrogen) atoms. The molecule has 0 bridgehead atoms. The molecule has 0 rings (SSSR count). The van der Waals surface area contributed by atoms with Gasteiger partial charge in [0.1, 0.15) is 0 Å². The Balaban J connectivity index is 0. The molecule has 0 aliphatic heterocycles. The monoisotopic (exact) mass is 268 g/mol. The van der Waals surface area contributed by atoms with Crippen molar-refractivity contribution in [2.75, 3.05) is 25.0 Å². The Kier molecular flexibility index (Phi) is 11.0. The molecule has 0 saturated carbocycles. The maximum Gasteiger partial charge on any atom is 0.225 e. The predicted molar refractivity (Wildman–Crippen MR) is 62.4 cm³/mol. The summed E-state index contributed by atoms with van der Waals surface area (Å²) in [5.74, 6) is 0.104. The maximum absolute atomic E-state index is 11.1. The first-order valence-electron chi connectivity index (χ1n) is 4.55. The van der Waals surface area contributed by atoms with Gasteiger partial charge < -0.3 is 16.2 Å². The van der Waals surface area contributed by atoms with Crippen LogP contribution in [0, 0.1) is 5.41 Å². The first-order chi connectivity index (χ1) is 6.40. The summed E-state index contributed by atoms with van der Waals surface area (Å²) in [7, 11) is 0. The molecule has 0 aromatic rings. The van der Waals surface area contributed by atoms with Crippen LogP contribution in [-0.4, -0.2) is 36.0 Å². The molecule has 0 aromatic heterocycles. The molecule has 0 spiro atoms. The first-order valence-corrected chi connectivity index (χ1v) is 5.67. The van der Waals surface area contributed by atoms with E-state index in [0.717, 1.165) is 5.33 Å². The van der Waals surface area contributed by atoms with Gasteiger partial charge in [-0.3, -0.25) is 4.79 Å². The van der Waals surface area contributed by atoms with Crippen molar-refractivity contribution in [3.63, 3.8) is 0 Å². The lowest BCUT2D eigenvalue weighted by atomic mass is 9.96. The van der Waals surface area contributed by atoms with Crippen molar-refractivity contribution in [3.8, 4) is 0 Å². The van der Waals surface area contributed by atoms with Gasteiger partial charge in [0.2, 0.25) is 5.91 Å². The minimum atomic E-state index is -0.262. The molecule has 5 heteroatoms. The molecule has 4 N–H and O–H groups in total. The molecule has 0 aromatic carbocycles. The number of hydrogen-bond donors (Lipinski definition) is 3. The first kappa shape index (κ1) is 16.3. The van der Waals surface area contributed by atoms with E-state index in [0.29, 0.717) is 13.1 Å². The van der Waals surface area contributed by atoms with Crippen molar-refractivity contribution < 1.29 is 9.90 Å². The van der Waals surface area contributed by atoms with E-state index in [1.165, 1.54) is 0 Å². The van der Waals surface area contributed by atoms with Gasteiger partial charge >= 0.3 is 0 Å². The summed E-state index contributed by atoms with van der Waals surface area (Å²) in [5.41, 5.74) is 4.52. The van der Waals surface area contributed by atoms with Crippen LogP contribution in [0.25, 0.3) is 0 Å². The molecule has 0 fully saturated rings. The normalized spacial score (nSPS) is 10.1. The topological polar surface area (TPSA) is 75.4 Å². The number of carbonyl (C=O) groups excluding carboxylic acids is 1. The lowest BCUT2D eigenvalue weighted by Gasteiger charge is -2.16. The SMILES string of the molecule is CC(C)(C)C(=O)NCCBr.NCCO. The van der Waals surface area contributed by atoms with E-state index in [4.69, 9.17) is 10.8 Å². The molecule has 4 nitrogen and oxygen atoms in total. The molecule has 0 atom stereocenters. The van der Waals surface area contributed by atoms with Crippen LogP contribution in [-0.2, 0) is 4.79 Å². The van der Waals surface area contributed by atoms with Gasteiger partial charge in [-0.25, -0.2) is 0 Å². The second-order valence-corrected chi connectivity index (χ2v) is 4.50. The molecular formula is C9H21BrN2O2.